The van der Waals surface area contributed by atoms with Gasteiger partial charge in [-0.15, -0.1) is 0 Å². The standard InChI is InChI=1S/C14H17N5O2/c20-13-7-15-5-11(13)6-17-14(21)10-1-3-12(4-2-10)19-9-16-8-18-19/h1-4,8-9,11,13,15,20H,5-7H2,(H,17,21). The van der Waals surface area contributed by atoms with Crippen LogP contribution in [0.4, 0.5) is 0 Å². The van der Waals surface area contributed by atoms with Crippen molar-refractivity contribution in [3.05, 3.63) is 42.5 Å². The van der Waals surface area contributed by atoms with Crippen LogP contribution >= 0.6 is 0 Å². The lowest BCUT2D eigenvalue weighted by Crippen LogP contribution is -2.34. The number of nitrogens with one attached hydrogen (secondary N) is 2. The quantitative estimate of drug-likeness (QED) is 0.710. The van der Waals surface area contributed by atoms with Gasteiger partial charge in [0.25, 0.3) is 5.91 Å². The lowest BCUT2D eigenvalue weighted by molar-refractivity contribution is 0.0927. The molecule has 2 unspecified atom stereocenters. The van der Waals surface area contributed by atoms with Crippen LogP contribution in [-0.4, -0.2) is 51.5 Å². The van der Waals surface area contributed by atoms with Gasteiger partial charge < -0.3 is 15.7 Å². The van der Waals surface area contributed by atoms with Gasteiger partial charge >= 0.3 is 0 Å². The highest BCUT2D eigenvalue weighted by molar-refractivity contribution is 5.94. The Kier molecular flexibility index (Phi) is 3.94. The molecule has 0 saturated carbocycles. The molecule has 21 heavy (non-hydrogen) atoms. The van der Waals surface area contributed by atoms with E-state index in [-0.39, 0.29) is 17.9 Å². The summed E-state index contributed by atoms with van der Waals surface area (Å²) in [5.74, 6) is -0.0670. The summed E-state index contributed by atoms with van der Waals surface area (Å²) in [5.41, 5.74) is 1.43. The number of carbonyl (C=O) groups excluding carboxylic acids is 1. The summed E-state index contributed by atoms with van der Waals surface area (Å²) in [5, 5.41) is 19.7. The summed E-state index contributed by atoms with van der Waals surface area (Å²) in [6.45, 7) is 1.79. The number of aromatic nitrogens is 3. The van der Waals surface area contributed by atoms with Crippen molar-refractivity contribution >= 4 is 5.91 Å². The molecule has 1 saturated heterocycles. The van der Waals surface area contributed by atoms with Gasteiger partial charge in [-0.1, -0.05) is 0 Å². The SMILES string of the molecule is O=C(NCC1CNCC1O)c1ccc(-n2cncn2)cc1. The lowest BCUT2D eigenvalue weighted by Gasteiger charge is -2.14. The monoisotopic (exact) mass is 287 g/mol. The minimum Gasteiger partial charge on any atom is -0.391 e. The fraction of sp³-hybridized carbons (Fsp3) is 0.357. The normalized spacial score (nSPS) is 21.4. The Hall–Kier alpha value is -2.25. The predicted molar refractivity (Wildman–Crippen MR) is 76.1 cm³/mol. The molecule has 1 fully saturated rings. The van der Waals surface area contributed by atoms with Crippen LogP contribution in [0, 0.1) is 5.92 Å². The second-order valence-corrected chi connectivity index (χ2v) is 5.08. The van der Waals surface area contributed by atoms with Gasteiger partial charge in [-0.25, -0.2) is 9.67 Å². The van der Waals surface area contributed by atoms with Crippen molar-refractivity contribution in [3.63, 3.8) is 0 Å². The Morgan fingerprint density at radius 2 is 2.19 bits per heavy atom. The van der Waals surface area contributed by atoms with Crippen LogP contribution in [0.15, 0.2) is 36.9 Å². The molecular weight excluding hydrogens is 270 g/mol. The van der Waals surface area contributed by atoms with E-state index in [0.29, 0.717) is 18.7 Å². The fourth-order valence-corrected chi connectivity index (χ4v) is 2.36. The molecule has 2 heterocycles. The molecule has 0 spiro atoms. The molecule has 2 atom stereocenters. The third-order valence-electron chi connectivity index (χ3n) is 3.64. The number of hydrogen-bond donors (Lipinski definition) is 3. The van der Waals surface area contributed by atoms with Gasteiger partial charge in [0.1, 0.15) is 12.7 Å². The maximum atomic E-state index is 12.1. The predicted octanol–water partition coefficient (Wildman–Crippen LogP) is -0.423. The zero-order chi connectivity index (χ0) is 14.7. The summed E-state index contributed by atoms with van der Waals surface area (Å²) in [6.07, 6.45) is 2.67. The minimum absolute atomic E-state index is 0.0726. The third-order valence-corrected chi connectivity index (χ3v) is 3.64. The van der Waals surface area contributed by atoms with Crippen molar-refractivity contribution in [2.24, 2.45) is 5.92 Å². The summed E-state index contributed by atoms with van der Waals surface area (Å²) in [4.78, 5) is 15.9. The van der Waals surface area contributed by atoms with Crippen molar-refractivity contribution in [3.8, 4) is 5.69 Å². The molecule has 1 amide bonds. The van der Waals surface area contributed by atoms with E-state index in [9.17, 15) is 9.90 Å². The van der Waals surface area contributed by atoms with Crippen LogP contribution in [0.1, 0.15) is 10.4 Å². The lowest BCUT2D eigenvalue weighted by atomic mass is 10.1. The molecule has 1 aliphatic rings. The van der Waals surface area contributed by atoms with Crippen LogP contribution in [0.5, 0.6) is 0 Å². The zero-order valence-corrected chi connectivity index (χ0v) is 11.4. The molecule has 2 aromatic rings. The van der Waals surface area contributed by atoms with Crippen LogP contribution in [0.3, 0.4) is 0 Å². The van der Waals surface area contributed by atoms with Crippen molar-refractivity contribution in [1.29, 1.82) is 0 Å². The maximum absolute atomic E-state index is 12.1. The third kappa shape index (κ3) is 3.09. The van der Waals surface area contributed by atoms with Gasteiger partial charge in [-0.3, -0.25) is 4.79 Å². The Bertz CT molecular complexity index is 596. The van der Waals surface area contributed by atoms with E-state index in [4.69, 9.17) is 0 Å². The summed E-state index contributed by atoms with van der Waals surface area (Å²) < 4.78 is 1.63. The molecule has 1 aromatic heterocycles. The average Bonchev–Trinajstić information content (AvgIpc) is 3.17. The molecule has 7 heteroatoms. The minimum atomic E-state index is -0.389. The number of nitrogens with zero attached hydrogens (tertiary/aromatic N) is 3. The van der Waals surface area contributed by atoms with Crippen molar-refractivity contribution in [2.45, 2.75) is 6.10 Å². The molecular formula is C14H17N5O2. The van der Waals surface area contributed by atoms with Gasteiger partial charge in [0.15, 0.2) is 0 Å². The fourth-order valence-electron chi connectivity index (χ4n) is 2.36. The van der Waals surface area contributed by atoms with E-state index >= 15 is 0 Å². The number of β-amino-alcohol motifs (C(OH)–C–C–N with tert-alkyl or cyclic N) is 1. The average molecular weight is 287 g/mol. The van der Waals surface area contributed by atoms with Crippen LogP contribution < -0.4 is 10.6 Å². The summed E-state index contributed by atoms with van der Waals surface area (Å²) in [6, 6.07) is 7.12. The van der Waals surface area contributed by atoms with Crippen molar-refractivity contribution in [2.75, 3.05) is 19.6 Å². The first-order valence-corrected chi connectivity index (χ1v) is 6.86. The van der Waals surface area contributed by atoms with Crippen molar-refractivity contribution in [1.82, 2.24) is 25.4 Å². The summed E-state index contributed by atoms with van der Waals surface area (Å²) >= 11 is 0. The molecule has 0 radical (unpaired) electrons. The number of carbonyl (C=O) groups is 1. The van der Waals surface area contributed by atoms with Gasteiger partial charge in [0, 0.05) is 31.1 Å². The first-order chi connectivity index (χ1) is 10.2. The second-order valence-electron chi connectivity index (χ2n) is 5.08. The number of rotatable bonds is 4. The van der Waals surface area contributed by atoms with E-state index in [1.165, 1.54) is 6.33 Å². The Balaban J connectivity index is 1.60. The molecule has 0 bridgehead atoms. The molecule has 0 aliphatic carbocycles. The van der Waals surface area contributed by atoms with Crippen molar-refractivity contribution < 1.29 is 9.90 Å². The van der Waals surface area contributed by atoms with E-state index in [1.54, 1.807) is 23.1 Å². The zero-order valence-electron chi connectivity index (χ0n) is 11.4. The van der Waals surface area contributed by atoms with E-state index < -0.39 is 0 Å². The van der Waals surface area contributed by atoms with Crippen LogP contribution in [-0.2, 0) is 0 Å². The topological polar surface area (TPSA) is 92.1 Å². The number of benzene rings is 1. The van der Waals surface area contributed by atoms with Gasteiger partial charge in [0.05, 0.1) is 11.8 Å². The first-order valence-electron chi connectivity index (χ1n) is 6.86. The molecule has 7 nitrogen and oxygen atoms in total. The van der Waals surface area contributed by atoms with E-state index in [0.717, 1.165) is 12.2 Å². The van der Waals surface area contributed by atoms with Gasteiger partial charge in [-0.05, 0) is 24.3 Å². The van der Waals surface area contributed by atoms with E-state index in [2.05, 4.69) is 20.7 Å². The van der Waals surface area contributed by atoms with Gasteiger partial charge in [-0.2, -0.15) is 5.10 Å². The van der Waals surface area contributed by atoms with E-state index in [1.807, 2.05) is 12.1 Å². The van der Waals surface area contributed by atoms with Gasteiger partial charge in [0.2, 0.25) is 0 Å². The Labute approximate surface area is 122 Å². The molecule has 3 N–H and O–H groups in total. The highest BCUT2D eigenvalue weighted by Crippen LogP contribution is 2.10. The molecule has 110 valence electrons. The highest BCUT2D eigenvalue weighted by Gasteiger charge is 2.25. The smallest absolute Gasteiger partial charge is 0.251 e. The summed E-state index contributed by atoms with van der Waals surface area (Å²) in [7, 11) is 0. The maximum Gasteiger partial charge on any atom is 0.251 e. The van der Waals surface area contributed by atoms with Crippen LogP contribution in [0.2, 0.25) is 0 Å². The molecule has 1 aromatic carbocycles. The Morgan fingerprint density at radius 3 is 2.81 bits per heavy atom. The second kappa shape index (κ2) is 6.02. The number of aliphatic hydroxyl groups excluding tert-OH is 1. The van der Waals surface area contributed by atoms with Crippen LogP contribution in [0.25, 0.3) is 5.69 Å². The largest absolute Gasteiger partial charge is 0.391 e. The number of aliphatic hydroxyl groups is 1. The molecule has 3 rings (SSSR count). The number of hydrogen-bond acceptors (Lipinski definition) is 5. The first kappa shape index (κ1) is 13.7. The Morgan fingerprint density at radius 1 is 1.38 bits per heavy atom. The highest BCUT2D eigenvalue weighted by atomic mass is 16.3. The number of amides is 1. The molecule has 1 aliphatic heterocycles.